The number of fused-ring (bicyclic) bond motifs is 2. The van der Waals surface area contributed by atoms with Gasteiger partial charge in [0, 0.05) is 18.1 Å². The zero-order valence-electron chi connectivity index (χ0n) is 20.6. The molecule has 1 unspecified atom stereocenters. The van der Waals surface area contributed by atoms with E-state index in [1.165, 1.54) is 0 Å². The minimum Gasteiger partial charge on any atom is -0.493 e. The lowest BCUT2D eigenvalue weighted by Crippen LogP contribution is -2.35. The monoisotopic (exact) mass is 498 g/mol. The lowest BCUT2D eigenvalue weighted by molar-refractivity contribution is 0.0716. The Kier molecular flexibility index (Phi) is 7.67. The fraction of sp³-hybridized carbons (Fsp3) is 0.407. The number of halogens is 1. The average molecular weight is 499 g/mol. The van der Waals surface area contributed by atoms with Gasteiger partial charge in [-0.15, -0.1) is 0 Å². The van der Waals surface area contributed by atoms with E-state index >= 15 is 0 Å². The molecule has 35 heavy (non-hydrogen) atoms. The van der Waals surface area contributed by atoms with E-state index in [-0.39, 0.29) is 17.1 Å². The normalized spacial score (nSPS) is 15.2. The number of amides is 1. The first kappa shape index (κ1) is 25.1. The van der Waals surface area contributed by atoms with Gasteiger partial charge in [-0.25, -0.2) is 0 Å². The molecule has 0 bridgehead atoms. The van der Waals surface area contributed by atoms with E-state index in [2.05, 4.69) is 6.92 Å². The van der Waals surface area contributed by atoms with Gasteiger partial charge in [-0.05, 0) is 56.4 Å². The molecule has 0 spiro atoms. The summed E-state index contributed by atoms with van der Waals surface area (Å²) < 4.78 is 17.5. The van der Waals surface area contributed by atoms with E-state index in [1.807, 2.05) is 37.2 Å². The standard InChI is InChI=1S/C27H31ClN2O5/c1-5-6-7-14-34-21-10-8-17(15-22(21)33-4)24-23-25(31)19-16-18(28)9-11-20(19)35-26(23)27(32)30(24)13-12-29(2)3/h8-11,15-16,24H,5-7,12-14H2,1-4H3. The highest BCUT2D eigenvalue weighted by molar-refractivity contribution is 6.31. The predicted octanol–water partition coefficient (Wildman–Crippen LogP) is 5.13. The summed E-state index contributed by atoms with van der Waals surface area (Å²) in [5, 5.41) is 0.785. The van der Waals surface area contributed by atoms with Crippen LogP contribution in [0, 0.1) is 0 Å². The first-order valence-electron chi connectivity index (χ1n) is 11.9. The van der Waals surface area contributed by atoms with Crippen LogP contribution >= 0.6 is 11.6 Å². The van der Waals surface area contributed by atoms with Crippen LogP contribution in [0.3, 0.4) is 0 Å². The van der Waals surface area contributed by atoms with Crippen molar-refractivity contribution in [2.75, 3.05) is 40.9 Å². The van der Waals surface area contributed by atoms with E-state index in [1.54, 1.807) is 30.2 Å². The fourth-order valence-electron chi connectivity index (χ4n) is 4.39. The van der Waals surface area contributed by atoms with Gasteiger partial charge in [0.15, 0.2) is 16.9 Å². The largest absolute Gasteiger partial charge is 0.493 e. The maximum Gasteiger partial charge on any atom is 0.290 e. The van der Waals surface area contributed by atoms with Crippen LogP contribution in [0.25, 0.3) is 11.0 Å². The number of unbranched alkanes of at least 4 members (excludes halogenated alkanes) is 2. The molecular weight excluding hydrogens is 468 g/mol. The van der Waals surface area contributed by atoms with Crippen LogP contribution in [0.2, 0.25) is 5.02 Å². The molecule has 1 aliphatic heterocycles. The van der Waals surface area contributed by atoms with E-state index < -0.39 is 6.04 Å². The summed E-state index contributed by atoms with van der Waals surface area (Å²) in [5.41, 5.74) is 1.16. The van der Waals surface area contributed by atoms with Gasteiger partial charge in [0.1, 0.15) is 5.58 Å². The highest BCUT2D eigenvalue weighted by Gasteiger charge is 2.42. The summed E-state index contributed by atoms with van der Waals surface area (Å²) in [6.07, 6.45) is 3.16. The van der Waals surface area contributed by atoms with E-state index in [4.69, 9.17) is 25.5 Å². The van der Waals surface area contributed by atoms with Crippen LogP contribution in [-0.4, -0.2) is 56.6 Å². The highest BCUT2D eigenvalue weighted by Crippen LogP contribution is 2.41. The molecule has 4 rings (SSSR count). The van der Waals surface area contributed by atoms with Crippen LogP contribution in [0.1, 0.15) is 53.9 Å². The number of benzene rings is 2. The number of hydrogen-bond acceptors (Lipinski definition) is 6. The molecule has 0 aliphatic carbocycles. The van der Waals surface area contributed by atoms with Gasteiger partial charge in [0.2, 0.25) is 5.76 Å². The van der Waals surface area contributed by atoms with E-state index in [0.29, 0.717) is 52.8 Å². The number of ether oxygens (including phenoxy) is 2. The molecule has 186 valence electrons. The molecule has 2 aromatic carbocycles. The van der Waals surface area contributed by atoms with Gasteiger partial charge in [-0.1, -0.05) is 37.4 Å². The van der Waals surface area contributed by atoms with Gasteiger partial charge >= 0.3 is 0 Å². The summed E-state index contributed by atoms with van der Waals surface area (Å²) in [7, 11) is 5.46. The van der Waals surface area contributed by atoms with Crippen LogP contribution in [0.5, 0.6) is 11.5 Å². The minimum absolute atomic E-state index is 0.0763. The zero-order valence-corrected chi connectivity index (χ0v) is 21.4. The maximum absolute atomic E-state index is 13.6. The van der Waals surface area contributed by atoms with Crippen molar-refractivity contribution in [1.82, 2.24) is 9.80 Å². The van der Waals surface area contributed by atoms with Crippen LogP contribution < -0.4 is 14.9 Å². The molecule has 7 nitrogen and oxygen atoms in total. The topological polar surface area (TPSA) is 72.2 Å². The second-order valence-corrected chi connectivity index (χ2v) is 9.42. The molecule has 0 fully saturated rings. The Bertz CT molecular complexity index is 1290. The van der Waals surface area contributed by atoms with Crippen LogP contribution in [0.15, 0.2) is 45.6 Å². The quantitative estimate of drug-likeness (QED) is 0.361. The molecule has 1 atom stereocenters. The lowest BCUT2D eigenvalue weighted by atomic mass is 9.98. The highest BCUT2D eigenvalue weighted by atomic mass is 35.5. The number of carbonyl (C=O) groups excluding carboxylic acids is 1. The number of carbonyl (C=O) groups is 1. The average Bonchev–Trinajstić information content (AvgIpc) is 3.12. The smallest absolute Gasteiger partial charge is 0.290 e. The van der Waals surface area contributed by atoms with Gasteiger partial charge in [0.05, 0.1) is 30.7 Å². The molecule has 1 aliphatic rings. The van der Waals surface area contributed by atoms with Crippen molar-refractivity contribution in [3.8, 4) is 11.5 Å². The number of likely N-dealkylation sites (N-methyl/N-ethyl adjacent to an activating group) is 1. The number of hydrogen-bond donors (Lipinski definition) is 0. The molecule has 3 aromatic rings. The summed E-state index contributed by atoms with van der Waals surface area (Å²) in [6.45, 7) is 3.80. The van der Waals surface area contributed by atoms with Gasteiger partial charge in [0.25, 0.3) is 5.91 Å². The fourth-order valence-corrected chi connectivity index (χ4v) is 4.56. The summed E-state index contributed by atoms with van der Waals surface area (Å²) in [6, 6.07) is 9.80. The Balaban J connectivity index is 1.81. The Hall–Kier alpha value is -3.03. The molecule has 0 N–H and O–H groups in total. The molecule has 1 aromatic heterocycles. The van der Waals surface area contributed by atoms with Gasteiger partial charge in [-0.3, -0.25) is 9.59 Å². The minimum atomic E-state index is -0.611. The molecular formula is C27H31ClN2O5. The van der Waals surface area contributed by atoms with E-state index in [9.17, 15) is 9.59 Å². The second kappa shape index (κ2) is 10.7. The third-order valence-corrected chi connectivity index (χ3v) is 6.46. The van der Waals surface area contributed by atoms with Crippen molar-refractivity contribution in [3.05, 3.63) is 68.5 Å². The number of rotatable bonds is 10. The third kappa shape index (κ3) is 5.02. The Morgan fingerprint density at radius 3 is 2.60 bits per heavy atom. The first-order valence-corrected chi connectivity index (χ1v) is 12.3. The molecule has 0 saturated heterocycles. The van der Waals surface area contributed by atoms with Crippen molar-refractivity contribution < 1.29 is 18.7 Å². The van der Waals surface area contributed by atoms with Crippen LogP contribution in [0.4, 0.5) is 0 Å². The Labute approximate surface area is 210 Å². The lowest BCUT2D eigenvalue weighted by Gasteiger charge is -2.27. The SMILES string of the molecule is CCCCCOc1ccc(C2c3c(oc4ccc(Cl)cc4c3=O)C(=O)N2CCN(C)C)cc1OC. The molecule has 0 saturated carbocycles. The van der Waals surface area contributed by atoms with Crippen molar-refractivity contribution in [2.45, 2.75) is 32.2 Å². The predicted molar refractivity (Wildman–Crippen MR) is 137 cm³/mol. The van der Waals surface area contributed by atoms with Crippen molar-refractivity contribution >= 4 is 28.5 Å². The summed E-state index contributed by atoms with van der Waals surface area (Å²) >= 11 is 6.16. The van der Waals surface area contributed by atoms with Crippen molar-refractivity contribution in [2.24, 2.45) is 0 Å². The maximum atomic E-state index is 13.6. The number of methoxy groups -OCH3 is 1. The Morgan fingerprint density at radius 1 is 1.09 bits per heavy atom. The molecule has 2 heterocycles. The van der Waals surface area contributed by atoms with E-state index in [0.717, 1.165) is 24.8 Å². The molecule has 8 heteroatoms. The van der Waals surface area contributed by atoms with Crippen molar-refractivity contribution in [1.29, 1.82) is 0 Å². The zero-order chi connectivity index (χ0) is 25.1. The number of nitrogens with zero attached hydrogens (tertiary/aromatic N) is 2. The Morgan fingerprint density at radius 2 is 1.89 bits per heavy atom. The van der Waals surface area contributed by atoms with Crippen molar-refractivity contribution in [3.63, 3.8) is 0 Å². The molecule has 1 amide bonds. The van der Waals surface area contributed by atoms with Crippen LogP contribution in [-0.2, 0) is 0 Å². The summed E-state index contributed by atoms with van der Waals surface area (Å²) in [5.74, 6) is 0.960. The van der Waals surface area contributed by atoms with Gasteiger partial charge in [-0.2, -0.15) is 0 Å². The third-order valence-electron chi connectivity index (χ3n) is 6.22. The second-order valence-electron chi connectivity index (χ2n) is 8.98. The first-order chi connectivity index (χ1) is 16.8. The van der Waals surface area contributed by atoms with Gasteiger partial charge < -0.3 is 23.7 Å². The summed E-state index contributed by atoms with van der Waals surface area (Å²) in [4.78, 5) is 30.8. The molecule has 0 radical (unpaired) electrons.